The molecule has 0 amide bonds. The van der Waals surface area contributed by atoms with Crippen LogP contribution in [0, 0.1) is 5.92 Å². The fraction of sp³-hybridized carbons (Fsp3) is 0.667. The summed E-state index contributed by atoms with van der Waals surface area (Å²) >= 11 is 5.95. The number of hydrogen-bond acceptors (Lipinski definition) is 2. The lowest BCUT2D eigenvalue weighted by atomic mass is 9.76. The van der Waals surface area contributed by atoms with Crippen LogP contribution in [0.25, 0.3) is 0 Å². The second-order valence-corrected chi connectivity index (χ2v) is 7.64. The van der Waals surface area contributed by atoms with Gasteiger partial charge in [-0.25, -0.2) is 0 Å². The lowest BCUT2D eigenvalue weighted by Gasteiger charge is -2.37. The van der Waals surface area contributed by atoms with Gasteiger partial charge >= 0.3 is 0 Å². The van der Waals surface area contributed by atoms with Gasteiger partial charge in [-0.2, -0.15) is 0 Å². The fourth-order valence-electron chi connectivity index (χ4n) is 3.93. The minimum absolute atomic E-state index is 0.737. The molecule has 1 unspecified atom stereocenters. The second-order valence-electron chi connectivity index (χ2n) is 7.21. The molecule has 21 heavy (non-hydrogen) atoms. The normalized spacial score (nSPS) is 33.1. The van der Waals surface area contributed by atoms with E-state index in [4.69, 9.17) is 11.6 Å². The van der Waals surface area contributed by atoms with Crippen molar-refractivity contribution in [3.8, 4) is 0 Å². The molecule has 0 aromatic heterocycles. The highest BCUT2D eigenvalue weighted by molar-refractivity contribution is 6.30. The number of hydrogen-bond donors (Lipinski definition) is 1. The molecule has 1 aliphatic heterocycles. The van der Waals surface area contributed by atoms with Gasteiger partial charge in [-0.05, 0) is 74.7 Å². The first-order chi connectivity index (χ1) is 10.3. The summed E-state index contributed by atoms with van der Waals surface area (Å²) in [5.41, 5.74) is 1.46. The maximum atomic E-state index is 5.95. The molecule has 3 aliphatic rings. The van der Waals surface area contributed by atoms with Crippen LogP contribution in [0.3, 0.4) is 0 Å². The highest BCUT2D eigenvalue weighted by Gasteiger charge is 2.35. The topological polar surface area (TPSA) is 15.3 Å². The van der Waals surface area contributed by atoms with Crippen LogP contribution < -0.4 is 5.32 Å². The van der Waals surface area contributed by atoms with E-state index in [1.54, 1.807) is 0 Å². The van der Waals surface area contributed by atoms with Gasteiger partial charge in [-0.1, -0.05) is 23.7 Å². The summed E-state index contributed by atoms with van der Waals surface area (Å²) in [4.78, 5) is 2.71. The first-order valence-electron chi connectivity index (χ1n) is 8.51. The van der Waals surface area contributed by atoms with Crippen molar-refractivity contribution in [1.82, 2.24) is 10.2 Å². The Morgan fingerprint density at radius 1 is 1.10 bits per heavy atom. The standard InChI is InChI=1S/C18H25ClN2/c19-16-3-1-14(2-4-16)15-9-17(10-15)20-11-13-7-8-21(12-13)18-5-6-18/h1-4,13,15,17-18,20H,5-12H2. The average molecular weight is 305 g/mol. The van der Waals surface area contributed by atoms with Gasteiger partial charge in [0.2, 0.25) is 0 Å². The van der Waals surface area contributed by atoms with Crippen LogP contribution in [0.5, 0.6) is 0 Å². The number of halogens is 1. The Morgan fingerprint density at radius 2 is 1.86 bits per heavy atom. The Balaban J connectivity index is 1.18. The van der Waals surface area contributed by atoms with Gasteiger partial charge in [0.05, 0.1) is 0 Å². The van der Waals surface area contributed by atoms with Crippen molar-refractivity contribution >= 4 is 11.6 Å². The van der Waals surface area contributed by atoms with Crippen LogP contribution in [0.1, 0.15) is 43.6 Å². The van der Waals surface area contributed by atoms with Gasteiger partial charge in [0.25, 0.3) is 0 Å². The fourth-order valence-corrected chi connectivity index (χ4v) is 4.05. The van der Waals surface area contributed by atoms with Crippen molar-refractivity contribution in [3.63, 3.8) is 0 Å². The van der Waals surface area contributed by atoms with Crippen molar-refractivity contribution in [1.29, 1.82) is 0 Å². The van der Waals surface area contributed by atoms with Crippen LogP contribution in [0.4, 0.5) is 0 Å². The van der Waals surface area contributed by atoms with E-state index in [0.717, 1.165) is 28.9 Å². The molecule has 0 spiro atoms. The summed E-state index contributed by atoms with van der Waals surface area (Å²) in [5, 5.41) is 4.64. The average Bonchev–Trinajstić information content (AvgIpc) is 3.19. The molecule has 2 nitrogen and oxygen atoms in total. The number of likely N-dealkylation sites (tertiary alicyclic amines) is 1. The number of rotatable bonds is 5. The highest BCUT2D eigenvalue weighted by Crippen LogP contribution is 2.37. The van der Waals surface area contributed by atoms with Crippen molar-refractivity contribution in [2.45, 2.75) is 50.1 Å². The van der Waals surface area contributed by atoms with Gasteiger partial charge < -0.3 is 10.2 Å². The molecule has 2 saturated carbocycles. The monoisotopic (exact) mass is 304 g/mol. The smallest absolute Gasteiger partial charge is 0.0406 e. The first kappa shape index (κ1) is 14.0. The van der Waals surface area contributed by atoms with E-state index in [9.17, 15) is 0 Å². The summed E-state index contributed by atoms with van der Waals surface area (Å²) in [6, 6.07) is 10.1. The van der Waals surface area contributed by atoms with E-state index in [-0.39, 0.29) is 0 Å². The maximum Gasteiger partial charge on any atom is 0.0406 e. The SMILES string of the molecule is Clc1ccc(C2CC(NCC3CCN(C4CC4)C3)C2)cc1. The molecule has 1 saturated heterocycles. The lowest BCUT2D eigenvalue weighted by molar-refractivity contribution is 0.268. The molecule has 1 atom stereocenters. The van der Waals surface area contributed by atoms with Gasteiger partial charge in [0, 0.05) is 23.7 Å². The Labute approximate surface area is 132 Å². The van der Waals surface area contributed by atoms with Crippen LogP contribution in [0.15, 0.2) is 24.3 Å². The third kappa shape index (κ3) is 3.28. The van der Waals surface area contributed by atoms with Crippen molar-refractivity contribution in [2.24, 2.45) is 5.92 Å². The summed E-state index contributed by atoms with van der Waals surface area (Å²) < 4.78 is 0. The van der Waals surface area contributed by atoms with Crippen LogP contribution >= 0.6 is 11.6 Å². The summed E-state index contributed by atoms with van der Waals surface area (Å²) in [6.45, 7) is 3.90. The first-order valence-corrected chi connectivity index (χ1v) is 8.88. The quantitative estimate of drug-likeness (QED) is 0.893. The molecule has 114 valence electrons. The number of nitrogens with zero attached hydrogens (tertiary/aromatic N) is 1. The molecule has 1 heterocycles. The highest BCUT2D eigenvalue weighted by atomic mass is 35.5. The molecule has 1 N–H and O–H groups in total. The minimum atomic E-state index is 0.737. The largest absolute Gasteiger partial charge is 0.314 e. The maximum absolute atomic E-state index is 5.95. The van der Waals surface area contributed by atoms with Crippen molar-refractivity contribution in [2.75, 3.05) is 19.6 Å². The Bertz CT molecular complexity index is 476. The predicted molar refractivity (Wildman–Crippen MR) is 87.9 cm³/mol. The molecule has 1 aromatic rings. The minimum Gasteiger partial charge on any atom is -0.314 e. The molecular weight excluding hydrogens is 280 g/mol. The van der Waals surface area contributed by atoms with Gasteiger partial charge in [-0.15, -0.1) is 0 Å². The summed E-state index contributed by atoms with van der Waals surface area (Å²) in [6.07, 6.45) is 6.88. The molecule has 0 bridgehead atoms. The van der Waals surface area contributed by atoms with Crippen LogP contribution in [-0.2, 0) is 0 Å². The molecule has 1 aromatic carbocycles. The molecule has 3 heteroatoms. The Kier molecular flexibility index (Phi) is 3.95. The Hall–Kier alpha value is -0.570. The molecular formula is C18H25ClN2. The molecule has 4 rings (SSSR count). The van der Waals surface area contributed by atoms with E-state index in [1.807, 2.05) is 12.1 Å². The zero-order valence-corrected chi connectivity index (χ0v) is 13.4. The molecule has 0 radical (unpaired) electrons. The van der Waals surface area contributed by atoms with E-state index in [0.29, 0.717) is 0 Å². The van der Waals surface area contributed by atoms with E-state index in [1.165, 1.54) is 57.3 Å². The predicted octanol–water partition coefficient (Wildman–Crippen LogP) is 3.66. The molecule has 2 aliphatic carbocycles. The number of benzene rings is 1. The summed E-state index contributed by atoms with van der Waals surface area (Å²) in [7, 11) is 0. The van der Waals surface area contributed by atoms with Crippen molar-refractivity contribution < 1.29 is 0 Å². The Morgan fingerprint density at radius 3 is 2.57 bits per heavy atom. The summed E-state index contributed by atoms with van der Waals surface area (Å²) in [5.74, 6) is 1.63. The molecule has 3 fully saturated rings. The number of nitrogens with one attached hydrogen (secondary N) is 1. The van der Waals surface area contributed by atoms with Crippen LogP contribution in [-0.4, -0.2) is 36.6 Å². The second kappa shape index (κ2) is 5.91. The van der Waals surface area contributed by atoms with Gasteiger partial charge in [0.15, 0.2) is 0 Å². The third-order valence-electron chi connectivity index (χ3n) is 5.56. The van der Waals surface area contributed by atoms with Crippen molar-refractivity contribution in [3.05, 3.63) is 34.9 Å². The van der Waals surface area contributed by atoms with Crippen LogP contribution in [0.2, 0.25) is 5.02 Å². The third-order valence-corrected chi connectivity index (χ3v) is 5.81. The van der Waals surface area contributed by atoms with E-state index >= 15 is 0 Å². The zero-order chi connectivity index (χ0) is 14.2. The van der Waals surface area contributed by atoms with Gasteiger partial charge in [0.1, 0.15) is 0 Å². The van der Waals surface area contributed by atoms with E-state index < -0.39 is 0 Å². The van der Waals surface area contributed by atoms with E-state index in [2.05, 4.69) is 22.3 Å². The zero-order valence-electron chi connectivity index (χ0n) is 12.6. The lowest BCUT2D eigenvalue weighted by Crippen LogP contribution is -2.42. The van der Waals surface area contributed by atoms with Gasteiger partial charge in [-0.3, -0.25) is 0 Å².